The molecule has 1 aliphatic rings. The number of β-lactam (4-membered cyclic amide) rings is 1. The lowest BCUT2D eigenvalue weighted by molar-refractivity contribution is -0.165. The van der Waals surface area contributed by atoms with Crippen molar-refractivity contribution in [2.24, 2.45) is 5.92 Å². The molecule has 0 bridgehead atoms. The fourth-order valence-electron chi connectivity index (χ4n) is 3.04. The van der Waals surface area contributed by atoms with Crippen molar-refractivity contribution < 1.29 is 18.8 Å². The molecule has 1 saturated heterocycles. The first kappa shape index (κ1) is 20.2. The van der Waals surface area contributed by atoms with Crippen molar-refractivity contribution in [1.82, 2.24) is 4.90 Å². The Hall–Kier alpha value is -0.883. The van der Waals surface area contributed by atoms with Crippen LogP contribution in [-0.4, -0.2) is 43.0 Å². The molecule has 0 aromatic heterocycles. The Morgan fingerprint density at radius 2 is 1.65 bits per heavy atom. The van der Waals surface area contributed by atoms with E-state index in [-0.39, 0.29) is 17.9 Å². The van der Waals surface area contributed by atoms with Crippen LogP contribution in [0.3, 0.4) is 0 Å². The van der Waals surface area contributed by atoms with E-state index in [2.05, 4.69) is 20.8 Å². The highest BCUT2D eigenvalue weighted by Gasteiger charge is 2.56. The minimum Gasteiger partial charge on any atom is -0.443 e. The molecular formula is C17H33NO4Si. The summed E-state index contributed by atoms with van der Waals surface area (Å²) in [6.07, 6.45) is -1.05. The number of likely N-dealkylation sites (tertiary alicyclic amines) is 1. The molecule has 0 N–H and O–H groups in total. The predicted octanol–water partition coefficient (Wildman–Crippen LogP) is 4.18. The van der Waals surface area contributed by atoms with E-state index in [9.17, 15) is 9.59 Å². The number of carbonyl (C=O) groups excluding carboxylic acids is 2. The second-order valence-electron chi connectivity index (χ2n) is 7.71. The fourth-order valence-corrected chi connectivity index (χ4v) is 5.82. The molecule has 0 aliphatic carbocycles. The number of hydrogen-bond acceptors (Lipinski definition) is 4. The van der Waals surface area contributed by atoms with Crippen LogP contribution in [0, 0.1) is 5.92 Å². The summed E-state index contributed by atoms with van der Waals surface area (Å²) in [5.41, 5.74) is -0.612. The van der Waals surface area contributed by atoms with Gasteiger partial charge in [0.25, 0.3) is 5.91 Å². The molecule has 1 rings (SSSR count). The zero-order valence-corrected chi connectivity index (χ0v) is 16.9. The second-order valence-corrected chi connectivity index (χ2v) is 12.4. The standard InChI is InChI=1S/C17H33NO4Si/c1-9-23(10-2,11-3)22-14-13(12(4)5)18(15(14)19)16(20)21-17(6,7)8/h12-14H,9-11H2,1-8H3. The summed E-state index contributed by atoms with van der Waals surface area (Å²) in [7, 11) is -1.89. The Balaban J connectivity index is 2.93. The summed E-state index contributed by atoms with van der Waals surface area (Å²) < 4.78 is 11.7. The number of nitrogens with zero attached hydrogens (tertiary/aromatic N) is 1. The number of imide groups is 1. The Kier molecular flexibility index (Phi) is 6.44. The van der Waals surface area contributed by atoms with Crippen LogP contribution >= 0.6 is 0 Å². The Morgan fingerprint density at radius 3 is 2.00 bits per heavy atom. The van der Waals surface area contributed by atoms with E-state index < -0.39 is 26.1 Å². The van der Waals surface area contributed by atoms with Crippen molar-refractivity contribution in [2.45, 2.75) is 91.3 Å². The first-order valence-corrected chi connectivity index (χ1v) is 11.3. The lowest BCUT2D eigenvalue weighted by atomic mass is 9.89. The fraction of sp³-hybridized carbons (Fsp3) is 0.882. The van der Waals surface area contributed by atoms with E-state index in [0.717, 1.165) is 18.1 Å². The van der Waals surface area contributed by atoms with Gasteiger partial charge in [-0.25, -0.2) is 9.69 Å². The van der Waals surface area contributed by atoms with Gasteiger partial charge in [-0.1, -0.05) is 34.6 Å². The van der Waals surface area contributed by atoms with Crippen molar-refractivity contribution >= 4 is 20.3 Å². The summed E-state index contributed by atoms with van der Waals surface area (Å²) in [6, 6.07) is 2.73. The van der Waals surface area contributed by atoms with Crippen molar-refractivity contribution in [3.63, 3.8) is 0 Å². The molecule has 2 atom stereocenters. The molecule has 1 fully saturated rings. The van der Waals surface area contributed by atoms with E-state index in [1.165, 1.54) is 4.90 Å². The predicted molar refractivity (Wildman–Crippen MR) is 93.8 cm³/mol. The zero-order valence-electron chi connectivity index (χ0n) is 15.9. The summed E-state index contributed by atoms with van der Waals surface area (Å²) >= 11 is 0. The number of ether oxygens (including phenoxy) is 1. The zero-order chi connectivity index (χ0) is 18.0. The number of amides is 2. The average molecular weight is 344 g/mol. The minimum atomic E-state index is -1.89. The van der Waals surface area contributed by atoms with Gasteiger partial charge in [0.2, 0.25) is 0 Å². The highest BCUT2D eigenvalue weighted by atomic mass is 28.4. The summed E-state index contributed by atoms with van der Waals surface area (Å²) in [5.74, 6) is -0.104. The Labute approximate surface area is 141 Å². The van der Waals surface area contributed by atoms with Gasteiger partial charge < -0.3 is 9.16 Å². The third kappa shape index (κ3) is 4.35. The lowest BCUT2D eigenvalue weighted by Crippen LogP contribution is -2.71. The Bertz CT molecular complexity index is 432. The van der Waals surface area contributed by atoms with Gasteiger partial charge in [0.1, 0.15) is 11.7 Å². The SMILES string of the molecule is CC[Si](CC)(CC)OC1C(=O)N(C(=O)OC(C)(C)C)C1C(C)C. The van der Waals surface area contributed by atoms with Gasteiger partial charge >= 0.3 is 6.09 Å². The van der Waals surface area contributed by atoms with E-state index in [1.54, 1.807) is 20.8 Å². The number of rotatable bonds is 6. The van der Waals surface area contributed by atoms with Crippen molar-refractivity contribution in [3.05, 3.63) is 0 Å². The number of hydrogen-bond donors (Lipinski definition) is 0. The summed E-state index contributed by atoms with van der Waals surface area (Å²) in [6.45, 7) is 15.8. The molecule has 1 heterocycles. The molecule has 0 spiro atoms. The normalized spacial score (nSPS) is 22.3. The molecule has 1 aliphatic heterocycles. The molecular weight excluding hydrogens is 310 g/mol. The highest BCUT2D eigenvalue weighted by Crippen LogP contribution is 2.35. The van der Waals surface area contributed by atoms with Crippen LogP contribution in [0.1, 0.15) is 55.4 Å². The topological polar surface area (TPSA) is 55.8 Å². The average Bonchev–Trinajstić information content (AvgIpc) is 2.44. The Morgan fingerprint density at radius 1 is 1.17 bits per heavy atom. The molecule has 0 aromatic rings. The maximum atomic E-state index is 12.6. The first-order valence-electron chi connectivity index (χ1n) is 8.75. The quantitative estimate of drug-likeness (QED) is 0.536. The van der Waals surface area contributed by atoms with E-state index in [0.29, 0.717) is 0 Å². The molecule has 2 amide bonds. The smallest absolute Gasteiger partial charge is 0.417 e. The molecule has 6 heteroatoms. The third-order valence-electron chi connectivity index (χ3n) is 4.67. The van der Waals surface area contributed by atoms with E-state index in [4.69, 9.17) is 9.16 Å². The molecule has 0 radical (unpaired) electrons. The van der Waals surface area contributed by atoms with Crippen LogP contribution in [0.5, 0.6) is 0 Å². The van der Waals surface area contributed by atoms with Gasteiger partial charge in [0, 0.05) is 0 Å². The van der Waals surface area contributed by atoms with E-state index in [1.807, 2.05) is 13.8 Å². The highest BCUT2D eigenvalue weighted by molar-refractivity contribution is 6.73. The van der Waals surface area contributed by atoms with Gasteiger partial charge in [-0.2, -0.15) is 0 Å². The van der Waals surface area contributed by atoms with Crippen LogP contribution in [0.15, 0.2) is 0 Å². The third-order valence-corrected chi connectivity index (χ3v) is 9.29. The van der Waals surface area contributed by atoms with Gasteiger partial charge in [-0.15, -0.1) is 0 Å². The molecule has 2 unspecified atom stereocenters. The van der Waals surface area contributed by atoms with E-state index >= 15 is 0 Å². The summed E-state index contributed by atoms with van der Waals surface area (Å²) in [5, 5.41) is 0. The second kappa shape index (κ2) is 7.34. The maximum absolute atomic E-state index is 12.6. The largest absolute Gasteiger partial charge is 0.443 e. The van der Waals surface area contributed by atoms with Crippen LogP contribution < -0.4 is 0 Å². The van der Waals surface area contributed by atoms with Gasteiger partial charge in [0.15, 0.2) is 8.32 Å². The van der Waals surface area contributed by atoms with Crippen molar-refractivity contribution in [3.8, 4) is 0 Å². The molecule has 23 heavy (non-hydrogen) atoms. The lowest BCUT2D eigenvalue weighted by Gasteiger charge is -2.50. The van der Waals surface area contributed by atoms with Crippen LogP contribution in [0.2, 0.25) is 18.1 Å². The molecule has 134 valence electrons. The molecule has 0 saturated carbocycles. The maximum Gasteiger partial charge on any atom is 0.417 e. The molecule has 0 aromatic carbocycles. The van der Waals surface area contributed by atoms with Crippen LogP contribution in [0.4, 0.5) is 4.79 Å². The van der Waals surface area contributed by atoms with Crippen LogP contribution in [-0.2, 0) is 14.0 Å². The van der Waals surface area contributed by atoms with Gasteiger partial charge in [-0.05, 0) is 44.8 Å². The first-order chi connectivity index (χ1) is 10.5. The van der Waals surface area contributed by atoms with Crippen molar-refractivity contribution in [1.29, 1.82) is 0 Å². The summed E-state index contributed by atoms with van der Waals surface area (Å²) in [4.78, 5) is 26.1. The monoisotopic (exact) mass is 343 g/mol. The van der Waals surface area contributed by atoms with Gasteiger partial charge in [-0.3, -0.25) is 4.79 Å². The minimum absolute atomic E-state index is 0.141. The van der Waals surface area contributed by atoms with Crippen LogP contribution in [0.25, 0.3) is 0 Å². The number of carbonyl (C=O) groups is 2. The van der Waals surface area contributed by atoms with Crippen molar-refractivity contribution in [2.75, 3.05) is 0 Å². The van der Waals surface area contributed by atoms with Gasteiger partial charge in [0.05, 0.1) is 6.04 Å². The molecule has 5 nitrogen and oxygen atoms in total.